The molecule has 2 aromatic rings. The SMILES string of the molecule is Cc1ccc(S(=O)(=O)N2CCC[C@@](C)(C(=O)NCc3cccc(F)c3)C2)cc1C. The molecule has 29 heavy (non-hydrogen) atoms. The first-order chi connectivity index (χ1) is 13.6. The smallest absolute Gasteiger partial charge is 0.243 e. The number of nitrogens with zero attached hydrogens (tertiary/aromatic N) is 1. The minimum Gasteiger partial charge on any atom is -0.352 e. The number of hydrogen-bond donors (Lipinski definition) is 1. The maximum absolute atomic E-state index is 13.3. The van der Waals surface area contributed by atoms with Crippen molar-refractivity contribution in [2.45, 2.75) is 45.1 Å². The van der Waals surface area contributed by atoms with Crippen LogP contribution in [-0.2, 0) is 21.4 Å². The van der Waals surface area contributed by atoms with E-state index in [1.165, 1.54) is 16.4 Å². The number of sulfonamides is 1. The number of amides is 1. The van der Waals surface area contributed by atoms with Crippen LogP contribution in [0.2, 0.25) is 0 Å². The molecule has 156 valence electrons. The van der Waals surface area contributed by atoms with Crippen LogP contribution in [0, 0.1) is 25.1 Å². The number of nitrogens with one attached hydrogen (secondary N) is 1. The van der Waals surface area contributed by atoms with Crippen molar-refractivity contribution in [3.8, 4) is 0 Å². The summed E-state index contributed by atoms with van der Waals surface area (Å²) in [7, 11) is -3.67. The summed E-state index contributed by atoms with van der Waals surface area (Å²) in [4.78, 5) is 13.1. The van der Waals surface area contributed by atoms with Gasteiger partial charge in [0, 0.05) is 19.6 Å². The van der Waals surface area contributed by atoms with Crippen molar-refractivity contribution in [1.29, 1.82) is 0 Å². The standard InChI is InChI=1S/C22H27FN2O3S/c1-16-8-9-20(12-17(16)2)29(27,28)25-11-5-10-22(3,15-25)21(26)24-14-18-6-4-7-19(23)13-18/h4,6-9,12-13H,5,10-11,14-15H2,1-3H3,(H,24,26)/t22-/m1/s1. The van der Waals surface area contributed by atoms with Crippen molar-refractivity contribution in [3.63, 3.8) is 0 Å². The highest BCUT2D eigenvalue weighted by Crippen LogP contribution is 2.33. The molecule has 7 heteroatoms. The largest absolute Gasteiger partial charge is 0.352 e. The Hall–Kier alpha value is -2.25. The highest BCUT2D eigenvalue weighted by molar-refractivity contribution is 7.89. The van der Waals surface area contributed by atoms with Crippen LogP contribution in [0.1, 0.15) is 36.5 Å². The fourth-order valence-corrected chi connectivity index (χ4v) is 5.34. The molecule has 1 fully saturated rings. The second-order valence-electron chi connectivity index (χ2n) is 8.06. The normalized spacial score (nSPS) is 20.4. The van der Waals surface area contributed by atoms with Gasteiger partial charge in [-0.05, 0) is 74.6 Å². The summed E-state index contributed by atoms with van der Waals surface area (Å²) in [6, 6.07) is 11.2. The van der Waals surface area contributed by atoms with E-state index in [1.807, 2.05) is 13.8 Å². The molecule has 1 N–H and O–H groups in total. The molecule has 0 bridgehead atoms. The van der Waals surface area contributed by atoms with Crippen LogP contribution in [0.3, 0.4) is 0 Å². The van der Waals surface area contributed by atoms with E-state index in [1.54, 1.807) is 37.3 Å². The van der Waals surface area contributed by atoms with E-state index in [4.69, 9.17) is 0 Å². The van der Waals surface area contributed by atoms with Gasteiger partial charge >= 0.3 is 0 Å². The van der Waals surface area contributed by atoms with E-state index in [0.717, 1.165) is 11.1 Å². The number of benzene rings is 2. The zero-order valence-corrected chi connectivity index (χ0v) is 17.9. The fourth-order valence-electron chi connectivity index (χ4n) is 3.65. The molecule has 1 heterocycles. The number of halogens is 1. The zero-order chi connectivity index (χ0) is 21.2. The molecule has 0 spiro atoms. The van der Waals surface area contributed by atoms with Crippen molar-refractivity contribution in [3.05, 3.63) is 65.0 Å². The third kappa shape index (κ3) is 4.67. The molecule has 0 aliphatic carbocycles. The molecule has 2 aromatic carbocycles. The highest BCUT2D eigenvalue weighted by Gasteiger charge is 2.41. The molecule has 1 aliphatic rings. The average Bonchev–Trinajstić information content (AvgIpc) is 2.68. The molecule has 3 rings (SSSR count). The van der Waals surface area contributed by atoms with Crippen LogP contribution >= 0.6 is 0 Å². The van der Waals surface area contributed by atoms with E-state index < -0.39 is 15.4 Å². The zero-order valence-electron chi connectivity index (χ0n) is 17.0. The van der Waals surface area contributed by atoms with E-state index in [0.29, 0.717) is 24.9 Å². The van der Waals surface area contributed by atoms with E-state index in [2.05, 4.69) is 5.32 Å². The third-order valence-electron chi connectivity index (χ3n) is 5.67. The van der Waals surface area contributed by atoms with Gasteiger partial charge < -0.3 is 5.32 Å². The van der Waals surface area contributed by atoms with E-state index in [-0.39, 0.29) is 29.7 Å². The number of carbonyl (C=O) groups excluding carboxylic acids is 1. The lowest BCUT2D eigenvalue weighted by molar-refractivity contribution is -0.132. The van der Waals surface area contributed by atoms with E-state index >= 15 is 0 Å². The molecule has 5 nitrogen and oxygen atoms in total. The molecule has 1 aliphatic heterocycles. The first kappa shape index (κ1) is 21.5. The fraction of sp³-hybridized carbons (Fsp3) is 0.409. The van der Waals surface area contributed by atoms with Gasteiger partial charge in [-0.15, -0.1) is 0 Å². The molecule has 0 radical (unpaired) electrons. The number of carbonyl (C=O) groups is 1. The quantitative estimate of drug-likeness (QED) is 0.808. The molecule has 1 saturated heterocycles. The predicted molar refractivity (Wildman–Crippen MR) is 110 cm³/mol. The number of aryl methyl sites for hydroxylation is 2. The lowest BCUT2D eigenvalue weighted by atomic mass is 9.82. The number of hydrogen-bond acceptors (Lipinski definition) is 3. The van der Waals surface area contributed by atoms with Crippen molar-refractivity contribution < 1.29 is 17.6 Å². The Morgan fingerprint density at radius 3 is 2.62 bits per heavy atom. The van der Waals surface area contributed by atoms with Gasteiger partial charge in [0.25, 0.3) is 0 Å². The highest BCUT2D eigenvalue weighted by atomic mass is 32.2. The Bertz CT molecular complexity index is 1020. The Kier molecular flexibility index (Phi) is 6.10. The van der Waals surface area contributed by atoms with Crippen molar-refractivity contribution in [1.82, 2.24) is 9.62 Å². The Morgan fingerprint density at radius 2 is 1.93 bits per heavy atom. The Labute approximate surface area is 172 Å². The predicted octanol–water partition coefficient (Wildman–Crippen LogP) is 3.55. The second-order valence-corrected chi connectivity index (χ2v) is 10.00. The topological polar surface area (TPSA) is 66.5 Å². The molecular formula is C22H27FN2O3S. The average molecular weight is 419 g/mol. The van der Waals surface area contributed by atoms with Gasteiger partial charge in [0.15, 0.2) is 0 Å². The first-order valence-electron chi connectivity index (χ1n) is 9.72. The van der Waals surface area contributed by atoms with Crippen LogP contribution in [0.4, 0.5) is 4.39 Å². The van der Waals surface area contributed by atoms with Gasteiger partial charge in [-0.25, -0.2) is 12.8 Å². The molecule has 0 unspecified atom stereocenters. The summed E-state index contributed by atoms with van der Waals surface area (Å²) in [5.74, 6) is -0.576. The first-order valence-corrected chi connectivity index (χ1v) is 11.2. The Balaban J connectivity index is 1.74. The summed E-state index contributed by atoms with van der Waals surface area (Å²) in [5.41, 5.74) is 1.78. The van der Waals surface area contributed by atoms with Crippen molar-refractivity contribution in [2.75, 3.05) is 13.1 Å². The van der Waals surface area contributed by atoms with Gasteiger partial charge in [-0.1, -0.05) is 18.2 Å². The van der Waals surface area contributed by atoms with Crippen LogP contribution in [-0.4, -0.2) is 31.7 Å². The maximum Gasteiger partial charge on any atom is 0.243 e. The molecule has 0 saturated carbocycles. The van der Waals surface area contributed by atoms with Crippen LogP contribution in [0.25, 0.3) is 0 Å². The van der Waals surface area contributed by atoms with Crippen LogP contribution in [0.5, 0.6) is 0 Å². The summed E-state index contributed by atoms with van der Waals surface area (Å²) in [6.45, 7) is 6.33. The lowest BCUT2D eigenvalue weighted by Gasteiger charge is -2.38. The van der Waals surface area contributed by atoms with Gasteiger partial charge in [-0.2, -0.15) is 4.31 Å². The third-order valence-corrected chi connectivity index (χ3v) is 7.51. The summed E-state index contributed by atoms with van der Waals surface area (Å²) in [6.07, 6.45) is 1.20. The van der Waals surface area contributed by atoms with Gasteiger partial charge in [0.1, 0.15) is 5.82 Å². The van der Waals surface area contributed by atoms with Gasteiger partial charge in [0.05, 0.1) is 10.3 Å². The minimum atomic E-state index is -3.67. The van der Waals surface area contributed by atoms with Crippen LogP contribution in [0.15, 0.2) is 47.4 Å². The number of piperidine rings is 1. The molecule has 0 aromatic heterocycles. The molecular weight excluding hydrogens is 391 g/mol. The van der Waals surface area contributed by atoms with Crippen molar-refractivity contribution >= 4 is 15.9 Å². The summed E-state index contributed by atoms with van der Waals surface area (Å²) < 4.78 is 41.0. The Morgan fingerprint density at radius 1 is 1.17 bits per heavy atom. The van der Waals surface area contributed by atoms with Crippen molar-refractivity contribution in [2.24, 2.45) is 5.41 Å². The maximum atomic E-state index is 13.3. The lowest BCUT2D eigenvalue weighted by Crippen LogP contribution is -2.51. The van der Waals surface area contributed by atoms with E-state index in [9.17, 15) is 17.6 Å². The summed E-state index contributed by atoms with van der Waals surface area (Å²) >= 11 is 0. The monoisotopic (exact) mass is 418 g/mol. The second kappa shape index (κ2) is 8.24. The minimum absolute atomic E-state index is 0.122. The summed E-state index contributed by atoms with van der Waals surface area (Å²) in [5, 5.41) is 2.84. The molecule has 1 amide bonds. The van der Waals surface area contributed by atoms with Crippen LogP contribution < -0.4 is 5.32 Å². The number of rotatable bonds is 5. The van der Waals surface area contributed by atoms with Gasteiger partial charge in [0.2, 0.25) is 15.9 Å². The molecule has 1 atom stereocenters. The van der Waals surface area contributed by atoms with Gasteiger partial charge in [-0.3, -0.25) is 4.79 Å².